The topological polar surface area (TPSA) is 207 Å². The Hall–Kier alpha value is -5.29. The first-order valence-corrected chi connectivity index (χ1v) is 16.9. The SMILES string of the molecule is O=[N+]([O-])c1cc(S(=O)(=O)C(F)(F)F)ccc1Oc1ccc(S(=O)(=O)c2ccc(Oc3ccc(S(=O)(=O)C(F)(F)F)cc3[N+](=O)[O-])cc2)cc1. The van der Waals surface area contributed by atoms with E-state index in [1.54, 1.807) is 0 Å². The number of halogens is 6. The average molecular weight is 757 g/mol. The molecule has 14 nitrogen and oxygen atoms in total. The summed E-state index contributed by atoms with van der Waals surface area (Å²) in [6.45, 7) is 0. The smallest absolute Gasteiger partial charge is 0.450 e. The molecular weight excluding hydrogens is 742 g/mol. The van der Waals surface area contributed by atoms with Crippen molar-refractivity contribution < 1.29 is 70.9 Å². The Balaban J connectivity index is 1.55. The Labute approximate surface area is 270 Å². The zero-order chi connectivity index (χ0) is 36.7. The van der Waals surface area contributed by atoms with Crippen molar-refractivity contribution in [1.82, 2.24) is 0 Å². The van der Waals surface area contributed by atoms with E-state index in [0.29, 0.717) is 24.3 Å². The summed E-state index contributed by atoms with van der Waals surface area (Å²) in [5, 5.41) is 22.8. The van der Waals surface area contributed by atoms with Crippen LogP contribution in [0.25, 0.3) is 0 Å². The lowest BCUT2D eigenvalue weighted by Crippen LogP contribution is -2.23. The summed E-state index contributed by atoms with van der Waals surface area (Å²) < 4.78 is 161. The fourth-order valence-electron chi connectivity index (χ4n) is 3.82. The highest BCUT2D eigenvalue weighted by Crippen LogP contribution is 2.39. The number of sulfone groups is 3. The lowest BCUT2D eigenvalue weighted by Gasteiger charge is -2.11. The molecule has 0 bridgehead atoms. The molecule has 0 radical (unpaired) electrons. The predicted molar refractivity (Wildman–Crippen MR) is 151 cm³/mol. The molecule has 4 aromatic rings. The number of rotatable bonds is 10. The maximum Gasteiger partial charge on any atom is 0.501 e. The molecule has 0 aliphatic carbocycles. The van der Waals surface area contributed by atoms with Gasteiger partial charge in [-0.2, -0.15) is 26.3 Å². The lowest BCUT2D eigenvalue weighted by atomic mass is 10.3. The van der Waals surface area contributed by atoms with Gasteiger partial charge < -0.3 is 9.47 Å². The molecule has 0 atom stereocenters. The van der Waals surface area contributed by atoms with Gasteiger partial charge in [0.25, 0.3) is 19.7 Å². The van der Waals surface area contributed by atoms with E-state index < -0.39 is 83.0 Å². The first kappa shape index (κ1) is 36.5. The Morgan fingerprint density at radius 2 is 0.776 bits per heavy atom. The van der Waals surface area contributed by atoms with Crippen LogP contribution in [0.3, 0.4) is 0 Å². The van der Waals surface area contributed by atoms with Crippen LogP contribution in [0.2, 0.25) is 0 Å². The third kappa shape index (κ3) is 7.26. The van der Waals surface area contributed by atoms with Gasteiger partial charge in [0.05, 0.1) is 29.4 Å². The van der Waals surface area contributed by atoms with Crippen molar-refractivity contribution in [3.8, 4) is 23.0 Å². The van der Waals surface area contributed by atoms with Gasteiger partial charge in [-0.05, 0) is 72.8 Å². The van der Waals surface area contributed by atoms with Gasteiger partial charge in [0.2, 0.25) is 21.3 Å². The predicted octanol–water partition coefficient (Wildman–Crippen LogP) is 6.51. The molecule has 260 valence electrons. The molecular formula is C26H14F6N2O12S3. The van der Waals surface area contributed by atoms with Crippen LogP contribution in [0.4, 0.5) is 37.7 Å². The monoisotopic (exact) mass is 756 g/mol. The maximum atomic E-state index is 13.1. The van der Waals surface area contributed by atoms with E-state index in [4.69, 9.17) is 9.47 Å². The second-order valence-electron chi connectivity index (χ2n) is 9.32. The molecule has 0 N–H and O–H groups in total. The van der Waals surface area contributed by atoms with Gasteiger partial charge >= 0.3 is 22.4 Å². The van der Waals surface area contributed by atoms with Gasteiger partial charge in [-0.3, -0.25) is 20.2 Å². The molecule has 0 heterocycles. The number of hydrogen-bond donors (Lipinski definition) is 0. The van der Waals surface area contributed by atoms with Crippen molar-refractivity contribution >= 4 is 40.9 Å². The summed E-state index contributed by atoms with van der Waals surface area (Å²) in [4.78, 5) is 16.9. The molecule has 0 fully saturated rings. The fourth-order valence-corrected chi connectivity index (χ4v) is 6.64. The molecule has 0 saturated heterocycles. The van der Waals surface area contributed by atoms with Gasteiger partial charge in [-0.15, -0.1) is 0 Å². The van der Waals surface area contributed by atoms with Crippen LogP contribution in [0.15, 0.2) is 105 Å². The normalized spacial score (nSPS) is 12.7. The number of nitro benzene ring substituents is 2. The minimum Gasteiger partial charge on any atom is -0.450 e. The standard InChI is InChI=1S/C26H14F6N2O12S3/c27-25(28,29)48(41,42)19-9-11-23(21(13-19)33(35)36)45-15-1-5-17(6-2-15)47(39,40)18-7-3-16(4-8-18)46-24-12-10-20(14-22(24)34(37)38)49(43,44)26(30,31)32/h1-14H. The summed E-state index contributed by atoms with van der Waals surface area (Å²) in [7, 11) is -16.1. The second kappa shape index (κ2) is 12.6. The summed E-state index contributed by atoms with van der Waals surface area (Å²) >= 11 is 0. The summed E-state index contributed by atoms with van der Waals surface area (Å²) in [6, 6.07) is 10.4. The molecule has 0 aliphatic rings. The molecule has 0 aliphatic heterocycles. The van der Waals surface area contributed by atoms with Crippen LogP contribution >= 0.6 is 0 Å². The van der Waals surface area contributed by atoms with E-state index in [0.717, 1.165) is 48.5 Å². The zero-order valence-electron chi connectivity index (χ0n) is 23.4. The Morgan fingerprint density at radius 3 is 1.04 bits per heavy atom. The van der Waals surface area contributed by atoms with E-state index in [2.05, 4.69) is 0 Å². The van der Waals surface area contributed by atoms with Crippen molar-refractivity contribution in [3.63, 3.8) is 0 Å². The van der Waals surface area contributed by atoms with Gasteiger partial charge in [-0.1, -0.05) is 0 Å². The molecule has 0 spiro atoms. The Kier molecular flexibility index (Phi) is 9.42. The van der Waals surface area contributed by atoms with Crippen molar-refractivity contribution in [3.05, 3.63) is 105 Å². The van der Waals surface area contributed by atoms with Crippen molar-refractivity contribution in [1.29, 1.82) is 0 Å². The second-order valence-corrected chi connectivity index (χ2v) is 15.2. The number of nitrogens with zero attached hydrogens (tertiary/aromatic N) is 2. The van der Waals surface area contributed by atoms with E-state index >= 15 is 0 Å². The van der Waals surface area contributed by atoms with Gasteiger partial charge in [0.15, 0.2) is 0 Å². The first-order chi connectivity index (χ1) is 22.5. The van der Waals surface area contributed by atoms with E-state index in [1.165, 1.54) is 0 Å². The lowest BCUT2D eigenvalue weighted by molar-refractivity contribution is -0.386. The molecule has 0 aromatic heterocycles. The highest BCUT2D eigenvalue weighted by Gasteiger charge is 2.48. The fraction of sp³-hybridized carbons (Fsp3) is 0.0769. The quantitative estimate of drug-likeness (QED) is 0.0964. The highest BCUT2D eigenvalue weighted by molar-refractivity contribution is 7.92. The number of nitro groups is 2. The first-order valence-electron chi connectivity index (χ1n) is 12.5. The van der Waals surface area contributed by atoms with Gasteiger partial charge in [0, 0.05) is 12.1 Å². The molecule has 23 heteroatoms. The van der Waals surface area contributed by atoms with Crippen LogP contribution < -0.4 is 9.47 Å². The largest absolute Gasteiger partial charge is 0.501 e. The van der Waals surface area contributed by atoms with Crippen molar-refractivity contribution in [2.75, 3.05) is 0 Å². The summed E-state index contributed by atoms with van der Waals surface area (Å²) in [5.41, 5.74) is -13.8. The molecule has 0 unspecified atom stereocenters. The Morgan fingerprint density at radius 1 is 0.490 bits per heavy atom. The number of alkyl halides is 6. The van der Waals surface area contributed by atoms with Crippen molar-refractivity contribution in [2.45, 2.75) is 30.6 Å². The zero-order valence-corrected chi connectivity index (χ0v) is 25.8. The van der Waals surface area contributed by atoms with Crippen LogP contribution in [0.5, 0.6) is 23.0 Å². The Bertz CT molecular complexity index is 2140. The molecule has 49 heavy (non-hydrogen) atoms. The number of benzene rings is 4. The average Bonchev–Trinajstić information content (AvgIpc) is 3.00. The van der Waals surface area contributed by atoms with Crippen LogP contribution in [0.1, 0.15) is 0 Å². The third-order valence-electron chi connectivity index (χ3n) is 6.21. The molecule has 4 rings (SSSR count). The summed E-state index contributed by atoms with van der Waals surface area (Å²) in [6.07, 6.45) is 0. The van der Waals surface area contributed by atoms with Gasteiger partial charge in [0.1, 0.15) is 11.5 Å². The van der Waals surface area contributed by atoms with Crippen molar-refractivity contribution in [2.24, 2.45) is 0 Å². The van der Waals surface area contributed by atoms with Crippen LogP contribution in [0, 0.1) is 20.2 Å². The van der Waals surface area contributed by atoms with Gasteiger partial charge in [-0.25, -0.2) is 25.3 Å². The highest BCUT2D eigenvalue weighted by atomic mass is 32.2. The number of ether oxygens (including phenoxy) is 2. The molecule has 0 amide bonds. The van der Waals surface area contributed by atoms with Crippen LogP contribution in [-0.4, -0.2) is 46.1 Å². The minimum atomic E-state index is -5.92. The van der Waals surface area contributed by atoms with Crippen LogP contribution in [-0.2, 0) is 29.5 Å². The van der Waals surface area contributed by atoms with E-state index in [-0.39, 0.29) is 33.4 Å². The molecule has 0 saturated carbocycles. The number of hydrogen-bond acceptors (Lipinski definition) is 12. The van der Waals surface area contributed by atoms with E-state index in [1.807, 2.05) is 0 Å². The third-order valence-corrected chi connectivity index (χ3v) is 11.0. The summed E-state index contributed by atoms with van der Waals surface area (Å²) in [5.74, 6) is -1.83. The molecule has 4 aromatic carbocycles. The van der Waals surface area contributed by atoms with E-state index in [9.17, 15) is 71.8 Å². The minimum absolute atomic E-state index is 0.149. The maximum absolute atomic E-state index is 13.1.